The predicted molar refractivity (Wildman–Crippen MR) is 70.8 cm³/mol. The van der Waals surface area contributed by atoms with Gasteiger partial charge in [0.05, 0.1) is 12.6 Å². The van der Waals surface area contributed by atoms with Crippen LogP contribution < -0.4 is 10.6 Å². The lowest BCUT2D eigenvalue weighted by molar-refractivity contribution is -0.121. The quantitative estimate of drug-likeness (QED) is 0.710. The van der Waals surface area contributed by atoms with Gasteiger partial charge in [0.15, 0.2) is 0 Å². The van der Waals surface area contributed by atoms with Crippen molar-refractivity contribution in [3.05, 3.63) is 35.9 Å². The maximum absolute atomic E-state index is 11.7. The van der Waals surface area contributed by atoms with E-state index in [1.807, 2.05) is 30.3 Å². The molecule has 0 saturated heterocycles. The Morgan fingerprint density at radius 2 is 1.94 bits per heavy atom. The van der Waals surface area contributed by atoms with Crippen LogP contribution in [0.4, 0.5) is 0 Å². The topological polar surface area (TPSA) is 41.1 Å². The van der Waals surface area contributed by atoms with Gasteiger partial charge in [-0.1, -0.05) is 44.2 Å². The lowest BCUT2D eigenvalue weighted by Gasteiger charge is -2.17. The molecule has 17 heavy (non-hydrogen) atoms. The standard InChI is InChI=1S/C14H22N2O/c1-3-10-15-11-14(17)16-13(4-2)12-8-6-5-7-9-12/h5-9,13,15H,3-4,10-11H2,1-2H3,(H,16,17). The Balaban J connectivity index is 2.44. The Hall–Kier alpha value is -1.35. The van der Waals surface area contributed by atoms with Crippen LogP contribution in [0.3, 0.4) is 0 Å². The smallest absolute Gasteiger partial charge is 0.234 e. The molecule has 1 atom stereocenters. The summed E-state index contributed by atoms with van der Waals surface area (Å²) in [6.07, 6.45) is 1.95. The molecule has 0 aliphatic rings. The number of hydrogen-bond donors (Lipinski definition) is 2. The highest BCUT2D eigenvalue weighted by Gasteiger charge is 2.11. The summed E-state index contributed by atoms with van der Waals surface area (Å²) in [6.45, 7) is 5.45. The number of benzene rings is 1. The van der Waals surface area contributed by atoms with Gasteiger partial charge in [-0.15, -0.1) is 0 Å². The highest BCUT2D eigenvalue weighted by Crippen LogP contribution is 2.15. The molecule has 0 heterocycles. The van der Waals surface area contributed by atoms with Crippen molar-refractivity contribution in [3.8, 4) is 0 Å². The molecule has 0 radical (unpaired) electrons. The van der Waals surface area contributed by atoms with Crippen LogP contribution in [0.5, 0.6) is 0 Å². The summed E-state index contributed by atoms with van der Waals surface area (Å²) in [5, 5.41) is 6.14. The molecule has 0 aliphatic heterocycles. The molecule has 1 aromatic carbocycles. The number of nitrogens with one attached hydrogen (secondary N) is 2. The van der Waals surface area contributed by atoms with Gasteiger partial charge in [0.2, 0.25) is 5.91 Å². The van der Waals surface area contributed by atoms with Crippen molar-refractivity contribution in [2.45, 2.75) is 32.7 Å². The zero-order valence-electron chi connectivity index (χ0n) is 10.7. The van der Waals surface area contributed by atoms with Crippen LogP contribution in [0, 0.1) is 0 Å². The third-order valence-electron chi connectivity index (χ3n) is 2.66. The Kier molecular flexibility index (Phi) is 6.33. The minimum Gasteiger partial charge on any atom is -0.348 e. The third-order valence-corrected chi connectivity index (χ3v) is 2.66. The van der Waals surface area contributed by atoms with E-state index in [0.717, 1.165) is 19.4 Å². The van der Waals surface area contributed by atoms with Crippen molar-refractivity contribution < 1.29 is 4.79 Å². The van der Waals surface area contributed by atoms with Crippen LogP contribution >= 0.6 is 0 Å². The number of carbonyl (C=O) groups is 1. The molecule has 2 N–H and O–H groups in total. The Bertz CT molecular complexity index is 324. The van der Waals surface area contributed by atoms with E-state index in [1.54, 1.807) is 0 Å². The second-order valence-electron chi connectivity index (χ2n) is 4.12. The summed E-state index contributed by atoms with van der Waals surface area (Å²) in [4.78, 5) is 11.7. The summed E-state index contributed by atoms with van der Waals surface area (Å²) >= 11 is 0. The van der Waals surface area contributed by atoms with Crippen molar-refractivity contribution >= 4 is 5.91 Å². The number of carbonyl (C=O) groups excluding carboxylic acids is 1. The molecule has 0 aromatic heterocycles. The molecule has 1 unspecified atom stereocenters. The first-order valence-corrected chi connectivity index (χ1v) is 6.33. The van der Waals surface area contributed by atoms with E-state index in [-0.39, 0.29) is 11.9 Å². The average molecular weight is 234 g/mol. The van der Waals surface area contributed by atoms with Gasteiger partial charge in [0.25, 0.3) is 0 Å². The molecule has 3 heteroatoms. The van der Waals surface area contributed by atoms with Crippen LogP contribution in [-0.4, -0.2) is 19.0 Å². The predicted octanol–water partition coefficient (Wildman–Crippen LogP) is 2.25. The molecule has 1 aromatic rings. The van der Waals surface area contributed by atoms with Crippen molar-refractivity contribution in [1.29, 1.82) is 0 Å². The number of amides is 1. The van der Waals surface area contributed by atoms with Crippen LogP contribution in [0.25, 0.3) is 0 Å². The van der Waals surface area contributed by atoms with Crippen molar-refractivity contribution in [2.75, 3.05) is 13.1 Å². The first-order chi connectivity index (χ1) is 8.27. The minimum atomic E-state index is 0.0640. The fourth-order valence-electron chi connectivity index (χ4n) is 1.73. The van der Waals surface area contributed by atoms with E-state index >= 15 is 0 Å². The van der Waals surface area contributed by atoms with Crippen LogP contribution in [0.1, 0.15) is 38.3 Å². The zero-order valence-corrected chi connectivity index (χ0v) is 10.7. The first-order valence-electron chi connectivity index (χ1n) is 6.33. The summed E-state index contributed by atoms with van der Waals surface area (Å²) in [5.74, 6) is 0.0640. The molecule has 3 nitrogen and oxygen atoms in total. The molecule has 0 bridgehead atoms. The van der Waals surface area contributed by atoms with Gasteiger partial charge in [-0.2, -0.15) is 0 Å². The fraction of sp³-hybridized carbons (Fsp3) is 0.500. The zero-order chi connectivity index (χ0) is 12.5. The van der Waals surface area contributed by atoms with Crippen LogP contribution in [0.2, 0.25) is 0 Å². The van der Waals surface area contributed by atoms with Crippen LogP contribution in [0.15, 0.2) is 30.3 Å². The number of hydrogen-bond acceptors (Lipinski definition) is 2. The summed E-state index contributed by atoms with van der Waals surface area (Å²) < 4.78 is 0. The lowest BCUT2D eigenvalue weighted by Crippen LogP contribution is -2.36. The van der Waals surface area contributed by atoms with Crippen molar-refractivity contribution in [2.24, 2.45) is 0 Å². The molecular formula is C14H22N2O. The highest BCUT2D eigenvalue weighted by molar-refractivity contribution is 5.78. The summed E-state index contributed by atoms with van der Waals surface area (Å²) in [7, 11) is 0. The summed E-state index contributed by atoms with van der Waals surface area (Å²) in [5.41, 5.74) is 1.17. The summed E-state index contributed by atoms with van der Waals surface area (Å²) in [6, 6.07) is 10.2. The third kappa shape index (κ3) is 5.00. The van der Waals surface area contributed by atoms with Gasteiger partial charge in [0, 0.05) is 0 Å². The number of rotatable bonds is 7. The van der Waals surface area contributed by atoms with E-state index in [0.29, 0.717) is 6.54 Å². The van der Waals surface area contributed by atoms with E-state index in [1.165, 1.54) is 5.56 Å². The van der Waals surface area contributed by atoms with Gasteiger partial charge in [0.1, 0.15) is 0 Å². The lowest BCUT2D eigenvalue weighted by atomic mass is 10.0. The van der Waals surface area contributed by atoms with Gasteiger partial charge >= 0.3 is 0 Å². The van der Waals surface area contributed by atoms with Gasteiger partial charge in [-0.05, 0) is 24.9 Å². The van der Waals surface area contributed by atoms with Gasteiger partial charge in [-0.3, -0.25) is 4.79 Å². The normalized spacial score (nSPS) is 12.1. The Morgan fingerprint density at radius 1 is 1.24 bits per heavy atom. The molecular weight excluding hydrogens is 212 g/mol. The van der Waals surface area contributed by atoms with E-state index in [4.69, 9.17) is 0 Å². The van der Waals surface area contributed by atoms with Gasteiger partial charge < -0.3 is 10.6 Å². The van der Waals surface area contributed by atoms with E-state index in [2.05, 4.69) is 24.5 Å². The molecule has 0 fully saturated rings. The van der Waals surface area contributed by atoms with Crippen molar-refractivity contribution in [3.63, 3.8) is 0 Å². The maximum atomic E-state index is 11.7. The van der Waals surface area contributed by atoms with E-state index < -0.39 is 0 Å². The highest BCUT2D eigenvalue weighted by atomic mass is 16.1. The van der Waals surface area contributed by atoms with Crippen LogP contribution in [-0.2, 0) is 4.79 Å². The molecule has 0 spiro atoms. The molecule has 94 valence electrons. The van der Waals surface area contributed by atoms with Gasteiger partial charge in [-0.25, -0.2) is 0 Å². The SMILES string of the molecule is CCCNCC(=O)NC(CC)c1ccccc1. The monoisotopic (exact) mass is 234 g/mol. The fourth-order valence-corrected chi connectivity index (χ4v) is 1.73. The molecule has 1 amide bonds. The first kappa shape index (κ1) is 13.7. The second-order valence-corrected chi connectivity index (χ2v) is 4.12. The second kappa shape index (κ2) is 7.85. The minimum absolute atomic E-state index is 0.0640. The molecule has 0 saturated carbocycles. The average Bonchev–Trinajstić information content (AvgIpc) is 2.37. The Labute approximate surface area is 104 Å². The largest absolute Gasteiger partial charge is 0.348 e. The van der Waals surface area contributed by atoms with Crippen molar-refractivity contribution in [1.82, 2.24) is 10.6 Å². The van der Waals surface area contributed by atoms with E-state index in [9.17, 15) is 4.79 Å². The molecule has 1 rings (SSSR count). The Morgan fingerprint density at radius 3 is 2.53 bits per heavy atom. The maximum Gasteiger partial charge on any atom is 0.234 e. The molecule has 0 aliphatic carbocycles.